The van der Waals surface area contributed by atoms with Crippen LogP contribution in [0.5, 0.6) is 0 Å². The number of hydrogen-bond acceptors (Lipinski definition) is 2. The average Bonchev–Trinajstić information content (AvgIpc) is 2.85. The van der Waals surface area contributed by atoms with Crippen LogP contribution in [0.4, 0.5) is 4.39 Å². The van der Waals surface area contributed by atoms with E-state index in [0.29, 0.717) is 5.56 Å². The predicted octanol–water partition coefficient (Wildman–Crippen LogP) is 3.07. The van der Waals surface area contributed by atoms with E-state index < -0.39 is 17.5 Å². The van der Waals surface area contributed by atoms with Gasteiger partial charge in [-0.3, -0.25) is 0 Å². The first-order valence-corrected chi connectivity index (χ1v) is 5.61. The number of benzene rings is 1. The van der Waals surface area contributed by atoms with Gasteiger partial charge in [-0.2, -0.15) is 0 Å². The maximum atomic E-state index is 13.6. The number of pyridine rings is 1. The van der Waals surface area contributed by atoms with Gasteiger partial charge in [0.15, 0.2) is 11.5 Å². The van der Waals surface area contributed by atoms with Gasteiger partial charge in [-0.1, -0.05) is 6.07 Å². The Balaban J connectivity index is 2.10. The molecule has 3 aromatic rings. The summed E-state index contributed by atoms with van der Waals surface area (Å²) in [6.07, 6.45) is 3.18. The van der Waals surface area contributed by atoms with Crippen molar-refractivity contribution in [1.82, 2.24) is 9.97 Å². The minimum absolute atomic E-state index is 0.547. The van der Waals surface area contributed by atoms with Gasteiger partial charge in [-0.05, 0) is 35.2 Å². The highest BCUT2D eigenvalue weighted by Crippen LogP contribution is 2.24. The molecule has 19 heavy (non-hydrogen) atoms. The Morgan fingerprint density at radius 1 is 1.21 bits per heavy atom. The summed E-state index contributed by atoms with van der Waals surface area (Å²) in [5.41, 5.74) is 1.76. The van der Waals surface area contributed by atoms with E-state index in [2.05, 4.69) is 9.97 Å². The van der Waals surface area contributed by atoms with Gasteiger partial charge in [0.2, 0.25) is 0 Å². The van der Waals surface area contributed by atoms with Crippen LogP contribution in [0.1, 0.15) is 10.5 Å². The average molecular weight is 256 g/mol. The summed E-state index contributed by atoms with van der Waals surface area (Å²) in [5.74, 6) is -2.20. The molecule has 0 fully saturated rings. The van der Waals surface area contributed by atoms with Crippen LogP contribution in [-0.2, 0) is 0 Å². The molecule has 0 aliphatic rings. The van der Waals surface area contributed by atoms with E-state index in [4.69, 9.17) is 5.11 Å². The van der Waals surface area contributed by atoms with Crippen molar-refractivity contribution in [3.63, 3.8) is 0 Å². The molecular formula is C14H9FN2O2. The second kappa shape index (κ2) is 4.20. The molecule has 3 rings (SSSR count). The lowest BCUT2D eigenvalue weighted by atomic mass is 10.1. The molecule has 0 aliphatic carbocycles. The Morgan fingerprint density at radius 2 is 2.05 bits per heavy atom. The summed E-state index contributed by atoms with van der Waals surface area (Å²) >= 11 is 0. The van der Waals surface area contributed by atoms with Gasteiger partial charge >= 0.3 is 5.97 Å². The first-order chi connectivity index (χ1) is 9.15. The van der Waals surface area contributed by atoms with Crippen LogP contribution >= 0.6 is 0 Å². The van der Waals surface area contributed by atoms with Gasteiger partial charge in [0.05, 0.1) is 0 Å². The Morgan fingerprint density at radius 3 is 2.79 bits per heavy atom. The molecule has 0 amide bonds. The SMILES string of the molecule is O=C(O)c1ncc(-c2ccc3[nH]ccc3c2)cc1F. The molecule has 5 heteroatoms. The summed E-state index contributed by atoms with van der Waals surface area (Å²) in [6, 6.07) is 8.70. The number of nitrogens with zero attached hydrogens (tertiary/aromatic N) is 1. The van der Waals surface area contributed by atoms with E-state index in [0.717, 1.165) is 16.5 Å². The first-order valence-electron chi connectivity index (χ1n) is 5.61. The number of rotatable bonds is 2. The number of carboxylic acid groups (broad SMARTS) is 1. The Hall–Kier alpha value is -2.69. The molecule has 0 saturated heterocycles. The number of nitrogens with one attached hydrogen (secondary N) is 1. The van der Waals surface area contributed by atoms with E-state index in [1.165, 1.54) is 12.3 Å². The number of carboxylic acids is 1. The zero-order chi connectivity index (χ0) is 13.4. The zero-order valence-electron chi connectivity index (χ0n) is 9.72. The predicted molar refractivity (Wildman–Crippen MR) is 68.4 cm³/mol. The molecule has 0 unspecified atom stereocenters. The van der Waals surface area contributed by atoms with E-state index >= 15 is 0 Å². The first kappa shape index (κ1) is 11.4. The van der Waals surface area contributed by atoms with E-state index in [1.54, 1.807) is 0 Å². The maximum Gasteiger partial charge on any atom is 0.357 e. The lowest BCUT2D eigenvalue weighted by Crippen LogP contribution is -2.03. The minimum atomic E-state index is -1.37. The van der Waals surface area contributed by atoms with Crippen molar-refractivity contribution in [2.24, 2.45) is 0 Å². The Bertz CT molecular complexity index is 780. The summed E-state index contributed by atoms with van der Waals surface area (Å²) in [7, 11) is 0. The van der Waals surface area contributed by atoms with Crippen LogP contribution < -0.4 is 0 Å². The molecule has 0 atom stereocenters. The van der Waals surface area contributed by atoms with Gasteiger partial charge < -0.3 is 10.1 Å². The number of aromatic nitrogens is 2. The van der Waals surface area contributed by atoms with E-state index in [1.807, 2.05) is 30.5 Å². The van der Waals surface area contributed by atoms with Crippen LogP contribution in [0.25, 0.3) is 22.0 Å². The number of aromatic amines is 1. The van der Waals surface area contributed by atoms with Crippen LogP contribution in [0.15, 0.2) is 42.7 Å². The molecule has 2 heterocycles. The highest BCUT2D eigenvalue weighted by atomic mass is 19.1. The van der Waals surface area contributed by atoms with Crippen LogP contribution in [0.3, 0.4) is 0 Å². The fraction of sp³-hybridized carbons (Fsp3) is 0. The van der Waals surface area contributed by atoms with Crippen molar-refractivity contribution in [3.05, 3.63) is 54.2 Å². The van der Waals surface area contributed by atoms with Crippen LogP contribution in [0, 0.1) is 5.82 Å². The third-order valence-corrected chi connectivity index (χ3v) is 2.93. The van der Waals surface area contributed by atoms with Crippen LogP contribution in [0.2, 0.25) is 0 Å². The summed E-state index contributed by atoms with van der Waals surface area (Å²) in [6.45, 7) is 0. The largest absolute Gasteiger partial charge is 0.476 e. The molecular weight excluding hydrogens is 247 g/mol. The number of carbonyl (C=O) groups is 1. The molecule has 0 aliphatic heterocycles. The second-order valence-corrected chi connectivity index (χ2v) is 4.14. The fourth-order valence-electron chi connectivity index (χ4n) is 1.99. The Labute approximate surface area is 107 Å². The number of fused-ring (bicyclic) bond motifs is 1. The van der Waals surface area contributed by atoms with Gasteiger partial charge in [-0.25, -0.2) is 14.2 Å². The molecule has 0 spiro atoms. The summed E-state index contributed by atoms with van der Waals surface area (Å²) < 4.78 is 13.6. The standard InChI is InChI=1S/C14H9FN2O2/c15-11-6-10(7-17-13(11)14(18)19)8-1-2-12-9(5-8)3-4-16-12/h1-7,16H,(H,18,19). The maximum absolute atomic E-state index is 13.6. The monoisotopic (exact) mass is 256 g/mol. The smallest absolute Gasteiger partial charge is 0.357 e. The third kappa shape index (κ3) is 1.95. The summed E-state index contributed by atoms with van der Waals surface area (Å²) in [4.78, 5) is 17.4. The van der Waals surface area contributed by atoms with Crippen molar-refractivity contribution < 1.29 is 14.3 Å². The molecule has 0 saturated carbocycles. The van der Waals surface area contributed by atoms with Gasteiger partial charge in [0, 0.05) is 23.5 Å². The van der Waals surface area contributed by atoms with E-state index in [9.17, 15) is 9.18 Å². The molecule has 1 aromatic carbocycles. The number of halogens is 1. The van der Waals surface area contributed by atoms with Crippen molar-refractivity contribution in [1.29, 1.82) is 0 Å². The highest BCUT2D eigenvalue weighted by Gasteiger charge is 2.13. The molecule has 0 bridgehead atoms. The molecule has 94 valence electrons. The lowest BCUT2D eigenvalue weighted by Gasteiger charge is -2.03. The van der Waals surface area contributed by atoms with Gasteiger partial charge in [-0.15, -0.1) is 0 Å². The second-order valence-electron chi connectivity index (χ2n) is 4.14. The van der Waals surface area contributed by atoms with Crippen molar-refractivity contribution in [2.45, 2.75) is 0 Å². The minimum Gasteiger partial charge on any atom is -0.476 e. The van der Waals surface area contributed by atoms with Crippen molar-refractivity contribution in [3.8, 4) is 11.1 Å². The third-order valence-electron chi connectivity index (χ3n) is 2.93. The normalized spacial score (nSPS) is 10.8. The topological polar surface area (TPSA) is 66.0 Å². The summed E-state index contributed by atoms with van der Waals surface area (Å²) in [5, 5.41) is 9.73. The fourth-order valence-corrected chi connectivity index (χ4v) is 1.99. The number of aromatic carboxylic acids is 1. The van der Waals surface area contributed by atoms with Crippen LogP contribution in [-0.4, -0.2) is 21.0 Å². The van der Waals surface area contributed by atoms with Gasteiger partial charge in [0.1, 0.15) is 0 Å². The molecule has 2 N–H and O–H groups in total. The van der Waals surface area contributed by atoms with Crippen molar-refractivity contribution in [2.75, 3.05) is 0 Å². The number of hydrogen-bond donors (Lipinski definition) is 2. The Kier molecular flexibility index (Phi) is 2.52. The number of H-pyrrole nitrogens is 1. The zero-order valence-corrected chi connectivity index (χ0v) is 9.72. The quantitative estimate of drug-likeness (QED) is 0.740. The molecule has 2 aromatic heterocycles. The van der Waals surface area contributed by atoms with Gasteiger partial charge in [0.25, 0.3) is 0 Å². The lowest BCUT2D eigenvalue weighted by molar-refractivity contribution is 0.0685. The van der Waals surface area contributed by atoms with E-state index in [-0.39, 0.29) is 0 Å². The highest BCUT2D eigenvalue weighted by molar-refractivity contribution is 5.87. The molecule has 4 nitrogen and oxygen atoms in total. The molecule has 0 radical (unpaired) electrons. The van der Waals surface area contributed by atoms with Crippen molar-refractivity contribution >= 4 is 16.9 Å².